The molecule has 5 heteroatoms. The molecule has 0 fully saturated rings. The maximum atomic E-state index is 13.0. The fourth-order valence-corrected chi connectivity index (χ4v) is 1.79. The van der Waals surface area contributed by atoms with E-state index >= 15 is 0 Å². The van der Waals surface area contributed by atoms with Gasteiger partial charge in [0.15, 0.2) is 0 Å². The summed E-state index contributed by atoms with van der Waals surface area (Å²) in [6.07, 6.45) is 0. The minimum absolute atomic E-state index is 0.112. The minimum Gasteiger partial charge on any atom is -0.457 e. The molecule has 2 nitrogen and oxygen atoms in total. The van der Waals surface area contributed by atoms with Crippen LogP contribution in [-0.4, -0.2) is 5.97 Å². The Labute approximate surface area is 120 Å². The molecule has 0 amide bonds. The zero-order valence-corrected chi connectivity index (χ0v) is 11.4. The second kappa shape index (κ2) is 6.08. The number of ether oxygens (including phenoxy) is 1. The lowest BCUT2D eigenvalue weighted by molar-refractivity contribution is 0.0472. The second-order valence-corrected chi connectivity index (χ2v) is 4.79. The van der Waals surface area contributed by atoms with Gasteiger partial charge in [0.1, 0.15) is 12.4 Å². The fourth-order valence-electron chi connectivity index (χ4n) is 1.45. The molecule has 0 spiro atoms. The highest BCUT2D eigenvalue weighted by Gasteiger charge is 2.09. The van der Waals surface area contributed by atoms with Gasteiger partial charge in [-0.3, -0.25) is 0 Å². The van der Waals surface area contributed by atoms with Crippen molar-refractivity contribution in [2.75, 3.05) is 0 Å². The summed E-state index contributed by atoms with van der Waals surface area (Å²) < 4.78 is 18.1. The average Bonchev–Trinajstić information content (AvgIpc) is 2.41. The van der Waals surface area contributed by atoms with Gasteiger partial charge < -0.3 is 4.74 Å². The molecule has 0 atom stereocenters. The molecule has 0 heterocycles. The molecule has 19 heavy (non-hydrogen) atoms. The third-order valence-electron chi connectivity index (χ3n) is 2.47. The molecule has 2 aromatic rings. The first kappa shape index (κ1) is 13.9. The van der Waals surface area contributed by atoms with E-state index in [0.717, 1.165) is 5.56 Å². The Kier molecular flexibility index (Phi) is 4.45. The summed E-state index contributed by atoms with van der Waals surface area (Å²) in [6.45, 7) is 0.134. The van der Waals surface area contributed by atoms with Gasteiger partial charge in [0.25, 0.3) is 0 Å². The summed E-state index contributed by atoms with van der Waals surface area (Å²) in [6, 6.07) is 10.8. The van der Waals surface area contributed by atoms with Crippen molar-refractivity contribution in [2.45, 2.75) is 11.5 Å². The number of esters is 1. The Morgan fingerprint density at radius 2 is 1.89 bits per heavy atom. The second-order valence-electron chi connectivity index (χ2n) is 3.87. The standard InChI is InChI=1S/C14H10ClFO2S/c15-11-4-1-9(2-5-11)8-18-14(17)10-3-6-12(16)13(19)7-10/h1-7,19H,8H2. The van der Waals surface area contributed by atoms with Crippen LogP contribution in [-0.2, 0) is 11.3 Å². The first-order chi connectivity index (χ1) is 9.06. The Balaban J connectivity index is 2.01. The molecule has 0 aliphatic rings. The normalized spacial score (nSPS) is 10.3. The van der Waals surface area contributed by atoms with Gasteiger partial charge in [-0.2, -0.15) is 0 Å². The predicted octanol–water partition coefficient (Wildman–Crippen LogP) is 4.12. The molecule has 2 aromatic carbocycles. The number of benzene rings is 2. The molecule has 0 aromatic heterocycles. The van der Waals surface area contributed by atoms with Crippen molar-refractivity contribution in [2.24, 2.45) is 0 Å². The van der Waals surface area contributed by atoms with E-state index in [1.165, 1.54) is 18.2 Å². The van der Waals surface area contributed by atoms with Crippen molar-refractivity contribution in [1.82, 2.24) is 0 Å². The molecule has 98 valence electrons. The molecule has 0 N–H and O–H groups in total. The predicted molar refractivity (Wildman–Crippen MR) is 74.2 cm³/mol. The highest BCUT2D eigenvalue weighted by atomic mass is 35.5. The molecule has 0 aliphatic carbocycles. The van der Waals surface area contributed by atoms with Crippen LogP contribution in [0.4, 0.5) is 4.39 Å². The quantitative estimate of drug-likeness (QED) is 0.681. The SMILES string of the molecule is O=C(OCc1ccc(Cl)cc1)c1ccc(F)c(S)c1. The molecule has 0 saturated heterocycles. The number of thiol groups is 1. The van der Waals surface area contributed by atoms with Crippen LogP contribution in [0.2, 0.25) is 5.02 Å². The monoisotopic (exact) mass is 296 g/mol. The molecule has 0 unspecified atom stereocenters. The molecule has 0 radical (unpaired) electrons. The van der Waals surface area contributed by atoms with E-state index in [9.17, 15) is 9.18 Å². The smallest absolute Gasteiger partial charge is 0.338 e. The van der Waals surface area contributed by atoms with E-state index in [2.05, 4.69) is 12.6 Å². The van der Waals surface area contributed by atoms with Crippen LogP contribution in [0.1, 0.15) is 15.9 Å². The van der Waals surface area contributed by atoms with Crippen LogP contribution in [0.5, 0.6) is 0 Å². The number of hydrogen-bond acceptors (Lipinski definition) is 3. The molecule has 0 saturated carbocycles. The lowest BCUT2D eigenvalue weighted by Gasteiger charge is -2.06. The van der Waals surface area contributed by atoms with Crippen LogP contribution in [0.3, 0.4) is 0 Å². The van der Waals surface area contributed by atoms with Crippen LogP contribution < -0.4 is 0 Å². The summed E-state index contributed by atoms with van der Waals surface area (Å²) in [5.41, 5.74) is 1.09. The third-order valence-corrected chi connectivity index (χ3v) is 3.06. The van der Waals surface area contributed by atoms with Crippen molar-refractivity contribution < 1.29 is 13.9 Å². The van der Waals surface area contributed by atoms with Gasteiger partial charge in [0.2, 0.25) is 0 Å². The van der Waals surface area contributed by atoms with E-state index in [4.69, 9.17) is 16.3 Å². The summed E-state index contributed by atoms with van der Waals surface area (Å²) >= 11 is 9.66. The van der Waals surface area contributed by atoms with E-state index in [-0.39, 0.29) is 17.1 Å². The van der Waals surface area contributed by atoms with Gasteiger partial charge in [0, 0.05) is 9.92 Å². The van der Waals surface area contributed by atoms with Gasteiger partial charge in [-0.15, -0.1) is 12.6 Å². The van der Waals surface area contributed by atoms with E-state index in [1.54, 1.807) is 24.3 Å². The van der Waals surface area contributed by atoms with Gasteiger partial charge in [-0.05, 0) is 35.9 Å². The first-order valence-corrected chi connectivity index (χ1v) is 6.29. The highest BCUT2D eigenvalue weighted by molar-refractivity contribution is 7.80. The summed E-state index contributed by atoms with van der Waals surface area (Å²) in [5.74, 6) is -0.997. The molecule has 2 rings (SSSR count). The lowest BCUT2D eigenvalue weighted by atomic mass is 10.2. The van der Waals surface area contributed by atoms with Crippen LogP contribution in [0, 0.1) is 5.82 Å². The first-order valence-electron chi connectivity index (χ1n) is 5.46. The summed E-state index contributed by atoms with van der Waals surface area (Å²) in [4.78, 5) is 11.9. The maximum absolute atomic E-state index is 13.0. The van der Waals surface area contributed by atoms with E-state index < -0.39 is 11.8 Å². The Bertz CT molecular complexity index is 599. The summed E-state index contributed by atoms with van der Waals surface area (Å²) in [5, 5.41) is 0.619. The Morgan fingerprint density at radius 1 is 1.21 bits per heavy atom. The van der Waals surface area contributed by atoms with Gasteiger partial charge in [-0.25, -0.2) is 9.18 Å². The van der Waals surface area contributed by atoms with Gasteiger partial charge >= 0.3 is 5.97 Å². The largest absolute Gasteiger partial charge is 0.457 e. The number of halogens is 2. The Hall–Kier alpha value is -1.52. The van der Waals surface area contributed by atoms with Crippen LogP contribution in [0.15, 0.2) is 47.4 Å². The summed E-state index contributed by atoms with van der Waals surface area (Å²) in [7, 11) is 0. The zero-order valence-electron chi connectivity index (χ0n) is 9.77. The maximum Gasteiger partial charge on any atom is 0.338 e. The molecular weight excluding hydrogens is 287 g/mol. The van der Waals surface area contributed by atoms with Crippen molar-refractivity contribution in [3.05, 3.63) is 64.4 Å². The third kappa shape index (κ3) is 3.72. The molecular formula is C14H10ClFO2S. The van der Waals surface area contributed by atoms with E-state index in [1.807, 2.05) is 0 Å². The number of carbonyl (C=O) groups is 1. The van der Waals surface area contributed by atoms with Crippen molar-refractivity contribution in [3.63, 3.8) is 0 Å². The molecule has 0 bridgehead atoms. The van der Waals surface area contributed by atoms with Gasteiger partial charge in [0.05, 0.1) is 5.56 Å². The number of carbonyl (C=O) groups excluding carboxylic acids is 1. The Morgan fingerprint density at radius 3 is 2.53 bits per heavy atom. The average molecular weight is 297 g/mol. The number of hydrogen-bond donors (Lipinski definition) is 1. The van der Waals surface area contributed by atoms with Crippen molar-refractivity contribution >= 4 is 30.2 Å². The van der Waals surface area contributed by atoms with Gasteiger partial charge in [-0.1, -0.05) is 23.7 Å². The van der Waals surface area contributed by atoms with Crippen LogP contribution in [0.25, 0.3) is 0 Å². The minimum atomic E-state index is -0.523. The van der Waals surface area contributed by atoms with E-state index in [0.29, 0.717) is 5.02 Å². The topological polar surface area (TPSA) is 26.3 Å². The highest BCUT2D eigenvalue weighted by Crippen LogP contribution is 2.16. The van der Waals surface area contributed by atoms with Crippen LogP contribution >= 0.6 is 24.2 Å². The lowest BCUT2D eigenvalue weighted by Crippen LogP contribution is -2.05. The van der Waals surface area contributed by atoms with Crippen molar-refractivity contribution in [3.8, 4) is 0 Å². The molecule has 0 aliphatic heterocycles. The fraction of sp³-hybridized carbons (Fsp3) is 0.0714. The zero-order chi connectivity index (χ0) is 13.8. The van der Waals surface area contributed by atoms with Crippen molar-refractivity contribution in [1.29, 1.82) is 0 Å². The number of rotatable bonds is 3.